The Bertz CT molecular complexity index is 1330. The second-order valence-electron chi connectivity index (χ2n) is 10.6. The normalized spacial score (nSPS) is 18.1. The summed E-state index contributed by atoms with van der Waals surface area (Å²) in [5.74, 6) is -0.297. The van der Waals surface area contributed by atoms with Gasteiger partial charge < -0.3 is 10.4 Å². The number of aliphatic carboxylic acids is 1. The third-order valence-corrected chi connectivity index (χ3v) is 8.30. The molecule has 2 N–H and O–H groups in total. The largest absolute Gasteiger partial charge is 0.480 e. The van der Waals surface area contributed by atoms with Gasteiger partial charge >= 0.3 is 5.97 Å². The Morgan fingerprint density at radius 2 is 1.86 bits per heavy atom. The number of ketones is 1. The van der Waals surface area contributed by atoms with Crippen LogP contribution in [0, 0.1) is 11.3 Å². The molecule has 0 bridgehead atoms. The second kappa shape index (κ2) is 9.85. The van der Waals surface area contributed by atoms with Crippen molar-refractivity contribution >= 4 is 38.7 Å². The van der Waals surface area contributed by atoms with Gasteiger partial charge in [-0.05, 0) is 77.0 Å². The summed E-state index contributed by atoms with van der Waals surface area (Å²) < 4.78 is 2.71. The van der Waals surface area contributed by atoms with E-state index in [-0.39, 0.29) is 5.78 Å². The van der Waals surface area contributed by atoms with Crippen molar-refractivity contribution in [2.75, 3.05) is 0 Å². The molecule has 2 aliphatic rings. The van der Waals surface area contributed by atoms with E-state index in [2.05, 4.69) is 56.8 Å². The van der Waals surface area contributed by atoms with Crippen LogP contribution in [0.3, 0.4) is 0 Å². The van der Waals surface area contributed by atoms with Gasteiger partial charge in [-0.15, -0.1) is 0 Å². The summed E-state index contributed by atoms with van der Waals surface area (Å²) in [5, 5.41) is 14.3. The molecule has 1 fully saturated rings. The maximum absolute atomic E-state index is 12.7. The van der Waals surface area contributed by atoms with E-state index in [9.17, 15) is 14.7 Å². The van der Waals surface area contributed by atoms with Crippen LogP contribution in [0.15, 0.2) is 58.8 Å². The molecule has 1 atom stereocenters. The molecule has 1 saturated carbocycles. The second-order valence-corrected chi connectivity index (χ2v) is 11.3. The number of allylic oxidation sites excluding steroid dienone is 2. The van der Waals surface area contributed by atoms with Crippen LogP contribution in [0.25, 0.3) is 16.7 Å². The summed E-state index contributed by atoms with van der Waals surface area (Å²) >= 11 is 3.41. The van der Waals surface area contributed by atoms with Crippen molar-refractivity contribution in [2.24, 2.45) is 11.3 Å². The maximum atomic E-state index is 12.7. The monoisotopic (exact) mass is 549 g/mol. The predicted molar refractivity (Wildman–Crippen MR) is 144 cm³/mol. The Hall–Kier alpha value is -2.93. The Morgan fingerprint density at radius 3 is 2.53 bits per heavy atom. The minimum atomic E-state index is -0.919. The Labute approximate surface area is 219 Å². The van der Waals surface area contributed by atoms with Crippen molar-refractivity contribution < 1.29 is 14.7 Å². The highest BCUT2D eigenvalue weighted by Crippen LogP contribution is 2.53. The predicted octanol–water partition coefficient (Wildman–Crippen LogP) is 5.95. The number of rotatable bonds is 8. The smallest absolute Gasteiger partial charge is 0.326 e. The highest BCUT2D eigenvalue weighted by Gasteiger charge is 2.53. The lowest BCUT2D eigenvalue weighted by Gasteiger charge is -2.46. The number of carbonyl (C=O) groups excluding carboxylic acids is 1. The quantitative estimate of drug-likeness (QED) is 0.362. The molecule has 2 aliphatic carbocycles. The van der Waals surface area contributed by atoms with Gasteiger partial charge in [-0.25, -0.2) is 9.78 Å². The highest BCUT2D eigenvalue weighted by atomic mass is 79.9. The van der Waals surface area contributed by atoms with Crippen LogP contribution in [0.1, 0.15) is 57.2 Å². The third kappa shape index (κ3) is 4.38. The summed E-state index contributed by atoms with van der Waals surface area (Å²) in [4.78, 5) is 29.5. The topological polar surface area (TPSA) is 84.2 Å². The molecule has 0 radical (unpaired) electrons. The van der Waals surface area contributed by atoms with E-state index in [1.807, 2.05) is 36.5 Å². The first-order chi connectivity index (χ1) is 17.3. The van der Waals surface area contributed by atoms with Crippen LogP contribution < -0.4 is 5.32 Å². The molecule has 1 spiro atoms. The fourth-order valence-electron chi connectivity index (χ4n) is 5.76. The Balaban J connectivity index is 1.39. The van der Waals surface area contributed by atoms with E-state index in [0.717, 1.165) is 66.5 Å². The number of Topliss-reactive ketones (excluding diaryl/α,β-unsaturated/α-hetero) is 1. The molecule has 2 heterocycles. The first-order valence-electron chi connectivity index (χ1n) is 12.8. The molecule has 1 aromatic carbocycles. The van der Waals surface area contributed by atoms with Crippen molar-refractivity contribution in [1.82, 2.24) is 14.9 Å². The number of carboxylic acid groups (broad SMARTS) is 1. The van der Waals surface area contributed by atoms with Crippen molar-refractivity contribution in [2.45, 2.75) is 64.8 Å². The number of nitrogens with zero attached hydrogens (tertiary/aromatic N) is 2. The molecule has 1 unspecified atom stereocenters. The van der Waals surface area contributed by atoms with E-state index in [1.54, 1.807) is 0 Å². The molecule has 0 saturated heterocycles. The van der Waals surface area contributed by atoms with Gasteiger partial charge in [0.05, 0.1) is 9.90 Å². The summed E-state index contributed by atoms with van der Waals surface area (Å²) in [5.41, 5.74) is 4.33. The number of pyridine rings is 1. The zero-order valence-corrected chi connectivity index (χ0v) is 22.3. The number of halogens is 1. The summed E-state index contributed by atoms with van der Waals surface area (Å²) in [6.45, 7) is 4.41. The van der Waals surface area contributed by atoms with Gasteiger partial charge in [-0.1, -0.05) is 45.2 Å². The van der Waals surface area contributed by atoms with Crippen molar-refractivity contribution in [3.63, 3.8) is 0 Å². The molecule has 36 heavy (non-hydrogen) atoms. The molecular formula is C29H32BrN3O3. The van der Waals surface area contributed by atoms with E-state index in [4.69, 9.17) is 0 Å². The molecule has 7 heteroatoms. The first kappa shape index (κ1) is 24.8. The molecular weight excluding hydrogens is 518 g/mol. The number of aromatic nitrogens is 2. The SMILES string of the molecule is CC(C)Cc1cc2cccnc2n1-c1ccc(CC(NC2=C(Br)C(=O)C23CCCCC3)C(=O)O)cc1. The van der Waals surface area contributed by atoms with E-state index < -0.39 is 17.4 Å². The van der Waals surface area contributed by atoms with Crippen LogP contribution in [0.2, 0.25) is 0 Å². The number of nitrogens with one attached hydrogen (secondary N) is 1. The number of hydrogen-bond acceptors (Lipinski definition) is 4. The lowest BCUT2D eigenvalue weighted by atomic mass is 9.62. The Kier molecular flexibility index (Phi) is 6.77. The van der Waals surface area contributed by atoms with E-state index in [1.165, 1.54) is 5.69 Å². The van der Waals surface area contributed by atoms with Crippen LogP contribution in [0.4, 0.5) is 0 Å². The molecule has 0 amide bonds. The lowest BCUT2D eigenvalue weighted by Crippen LogP contribution is -2.53. The van der Waals surface area contributed by atoms with Gasteiger partial charge in [0.15, 0.2) is 5.78 Å². The summed E-state index contributed by atoms with van der Waals surface area (Å²) in [7, 11) is 0. The minimum Gasteiger partial charge on any atom is -0.480 e. The van der Waals surface area contributed by atoms with Gasteiger partial charge in [0.25, 0.3) is 0 Å². The number of benzene rings is 1. The number of hydrogen-bond donors (Lipinski definition) is 2. The van der Waals surface area contributed by atoms with Crippen LogP contribution in [-0.4, -0.2) is 32.5 Å². The van der Waals surface area contributed by atoms with Crippen molar-refractivity contribution in [3.05, 3.63) is 70.1 Å². The van der Waals surface area contributed by atoms with Crippen LogP contribution in [-0.2, 0) is 22.4 Å². The minimum absolute atomic E-state index is 0.114. The summed E-state index contributed by atoms with van der Waals surface area (Å²) in [6.07, 6.45) is 7.78. The van der Waals surface area contributed by atoms with Crippen molar-refractivity contribution in [3.8, 4) is 5.69 Å². The zero-order chi connectivity index (χ0) is 25.4. The fraction of sp³-hybridized carbons (Fsp3) is 0.414. The molecule has 2 aromatic heterocycles. The van der Waals surface area contributed by atoms with Crippen LogP contribution in [0.5, 0.6) is 0 Å². The molecule has 3 aromatic rings. The van der Waals surface area contributed by atoms with Crippen LogP contribution >= 0.6 is 15.9 Å². The zero-order valence-electron chi connectivity index (χ0n) is 20.8. The molecule has 6 nitrogen and oxygen atoms in total. The third-order valence-electron chi connectivity index (χ3n) is 7.55. The van der Waals surface area contributed by atoms with Gasteiger partial charge in [0, 0.05) is 35.1 Å². The lowest BCUT2D eigenvalue weighted by molar-refractivity contribution is -0.140. The van der Waals surface area contributed by atoms with E-state index >= 15 is 0 Å². The fourth-order valence-corrected chi connectivity index (χ4v) is 6.63. The highest BCUT2D eigenvalue weighted by molar-refractivity contribution is 9.12. The first-order valence-corrected chi connectivity index (χ1v) is 13.6. The van der Waals surface area contributed by atoms with E-state index in [0.29, 0.717) is 16.8 Å². The molecule has 5 rings (SSSR count). The van der Waals surface area contributed by atoms with Gasteiger partial charge in [-0.2, -0.15) is 0 Å². The number of carboxylic acids is 1. The van der Waals surface area contributed by atoms with Gasteiger partial charge in [0.2, 0.25) is 0 Å². The van der Waals surface area contributed by atoms with Gasteiger partial charge in [-0.3, -0.25) is 9.36 Å². The average Bonchev–Trinajstić information content (AvgIpc) is 3.23. The molecule has 188 valence electrons. The Morgan fingerprint density at radius 1 is 1.14 bits per heavy atom. The number of fused-ring (bicyclic) bond motifs is 1. The summed E-state index contributed by atoms with van der Waals surface area (Å²) in [6, 6.07) is 13.5. The maximum Gasteiger partial charge on any atom is 0.326 e. The van der Waals surface area contributed by atoms with Crippen molar-refractivity contribution in [1.29, 1.82) is 0 Å². The number of carbonyl (C=O) groups is 2. The molecule has 0 aliphatic heterocycles. The van der Waals surface area contributed by atoms with Gasteiger partial charge in [0.1, 0.15) is 11.7 Å². The standard InChI is InChI=1S/C29H32BrN3O3/c1-18(2)15-22-17-20-7-6-14-31-27(20)33(22)21-10-8-19(9-11-21)16-23(28(35)36)32-25-24(30)26(34)29(25)12-4-3-5-13-29/h6-11,14,17-18,23,32H,3-5,12-13,15-16H2,1-2H3,(H,35,36). The average molecular weight is 550 g/mol.